The molecule has 0 spiro atoms. The lowest BCUT2D eigenvalue weighted by Crippen LogP contribution is -2.11. The van der Waals surface area contributed by atoms with Crippen molar-refractivity contribution in [1.82, 2.24) is 0 Å². The van der Waals surface area contributed by atoms with Gasteiger partial charge in [-0.1, -0.05) is 72.1 Å². The van der Waals surface area contributed by atoms with Gasteiger partial charge < -0.3 is 0 Å². The third-order valence-corrected chi connectivity index (χ3v) is 5.09. The van der Waals surface area contributed by atoms with Crippen molar-refractivity contribution >= 4 is 18.5 Å². The Morgan fingerprint density at radius 1 is 0.722 bits per heavy atom. The van der Waals surface area contributed by atoms with Crippen LogP contribution in [0.4, 0.5) is 0 Å². The zero-order valence-electron chi connectivity index (χ0n) is 9.80. The Morgan fingerprint density at radius 3 is 1.72 bits per heavy atom. The van der Waals surface area contributed by atoms with Gasteiger partial charge in [0.05, 0.1) is 0 Å². The van der Waals surface area contributed by atoms with Crippen LogP contribution in [0.2, 0.25) is 0 Å². The summed E-state index contributed by atoms with van der Waals surface area (Å²) in [5.74, 6) is 0. The van der Waals surface area contributed by atoms with Gasteiger partial charge in [0.1, 0.15) is 0 Å². The molecule has 2 aromatic carbocycles. The first kappa shape index (κ1) is 11.1. The molecular weight excluding hydrogens is 235 g/mol. The van der Waals surface area contributed by atoms with Crippen LogP contribution in [0.15, 0.2) is 89.2 Å². The molecule has 0 bridgehead atoms. The van der Waals surface area contributed by atoms with E-state index in [1.54, 1.807) is 0 Å². The molecule has 1 heteroatoms. The Bertz CT molecular complexity index is 639. The van der Waals surface area contributed by atoms with E-state index in [1.807, 2.05) is 6.08 Å². The predicted octanol–water partition coefficient (Wildman–Crippen LogP) is 3.48. The fourth-order valence-corrected chi connectivity index (χ4v) is 4.10. The Labute approximate surface area is 108 Å². The third kappa shape index (κ3) is 2.15. The largest absolute Gasteiger partial charge is 0.0622 e. The fraction of sp³-hybridized carbons (Fsp3) is 0. The molecule has 3 rings (SSSR count). The average Bonchev–Trinajstić information content (AvgIpc) is 2.95. The Kier molecular flexibility index (Phi) is 3.12. The first-order valence-corrected chi connectivity index (χ1v) is 7.16. The molecule has 1 aliphatic carbocycles. The summed E-state index contributed by atoms with van der Waals surface area (Å²) in [4.78, 5) is 0. The van der Waals surface area contributed by atoms with Crippen molar-refractivity contribution < 1.29 is 0 Å². The van der Waals surface area contributed by atoms with Crippen LogP contribution in [0.3, 0.4) is 0 Å². The zero-order valence-corrected chi connectivity index (χ0v) is 10.7. The molecule has 0 aromatic heterocycles. The lowest BCUT2D eigenvalue weighted by Gasteiger charge is -2.17. The van der Waals surface area contributed by atoms with E-state index in [4.69, 9.17) is 0 Å². The highest BCUT2D eigenvalue weighted by atomic mass is 31.1. The molecule has 0 amide bonds. The van der Waals surface area contributed by atoms with Crippen LogP contribution in [0, 0.1) is 0 Å². The van der Waals surface area contributed by atoms with Gasteiger partial charge in [0.25, 0.3) is 0 Å². The van der Waals surface area contributed by atoms with Crippen LogP contribution < -0.4 is 10.6 Å². The number of rotatable bonds is 3. The van der Waals surface area contributed by atoms with Crippen LogP contribution in [0.25, 0.3) is 0 Å². The van der Waals surface area contributed by atoms with Crippen molar-refractivity contribution in [2.75, 3.05) is 0 Å². The second-order valence-corrected chi connectivity index (χ2v) is 6.12. The van der Waals surface area contributed by atoms with Gasteiger partial charge in [-0.3, -0.25) is 0 Å². The highest BCUT2D eigenvalue weighted by Crippen LogP contribution is 2.43. The summed E-state index contributed by atoms with van der Waals surface area (Å²) >= 11 is 0. The summed E-state index contributed by atoms with van der Waals surface area (Å²) in [6.07, 6.45) is 1.99. The smallest absolute Gasteiger partial charge is 0.0438 e. The zero-order chi connectivity index (χ0) is 12.2. The molecule has 0 saturated heterocycles. The maximum atomic E-state index is 3.18. The Hall–Kier alpha value is -2.05. The van der Waals surface area contributed by atoms with Crippen LogP contribution in [0.5, 0.6) is 0 Å². The van der Waals surface area contributed by atoms with Gasteiger partial charge in [-0.15, -0.1) is 0 Å². The van der Waals surface area contributed by atoms with Crippen molar-refractivity contribution in [2.24, 2.45) is 0 Å². The van der Waals surface area contributed by atoms with E-state index in [0.29, 0.717) is 0 Å². The molecule has 0 aliphatic heterocycles. The molecule has 0 N–H and O–H groups in total. The van der Waals surface area contributed by atoms with E-state index in [9.17, 15) is 0 Å². The first-order chi connectivity index (χ1) is 8.95. The lowest BCUT2D eigenvalue weighted by molar-refractivity contribution is 1.75. The van der Waals surface area contributed by atoms with Crippen molar-refractivity contribution in [2.45, 2.75) is 0 Å². The second-order valence-electron chi connectivity index (χ2n) is 3.93. The maximum Gasteiger partial charge on any atom is 0.0438 e. The summed E-state index contributed by atoms with van der Waals surface area (Å²) in [5, 5.41) is 3.85. The summed E-state index contributed by atoms with van der Waals surface area (Å²) in [6.45, 7) is 0. The highest BCUT2D eigenvalue weighted by Gasteiger charge is 2.17. The second kappa shape index (κ2) is 5.07. The monoisotopic (exact) mass is 246 g/mol. The molecular formula is C17H11P. The standard InChI is InChI=1S/C17H11P/c1-3-9-15(10-4-1)18(17-13-7-8-14-17)16-11-5-2-6-12-16/h1-6,9-13H. The van der Waals surface area contributed by atoms with Gasteiger partial charge in [-0.05, 0) is 24.3 Å². The number of hydrogen-bond donors (Lipinski definition) is 0. The van der Waals surface area contributed by atoms with Gasteiger partial charge in [-0.2, -0.15) is 0 Å². The van der Waals surface area contributed by atoms with E-state index in [1.165, 1.54) is 15.9 Å². The summed E-state index contributed by atoms with van der Waals surface area (Å²) in [7, 11) is -0.527. The molecule has 0 nitrogen and oxygen atoms in total. The molecule has 84 valence electrons. The number of benzene rings is 2. The summed E-state index contributed by atoms with van der Waals surface area (Å²) in [5.41, 5.74) is 9.08. The van der Waals surface area contributed by atoms with E-state index >= 15 is 0 Å². The van der Waals surface area contributed by atoms with Crippen molar-refractivity contribution in [1.29, 1.82) is 0 Å². The maximum absolute atomic E-state index is 3.18. The molecule has 18 heavy (non-hydrogen) atoms. The van der Waals surface area contributed by atoms with Crippen molar-refractivity contribution in [3.8, 4) is 0 Å². The first-order valence-electron chi connectivity index (χ1n) is 5.82. The quantitative estimate of drug-likeness (QED) is 0.574. The van der Waals surface area contributed by atoms with E-state index in [2.05, 4.69) is 77.9 Å². The van der Waals surface area contributed by atoms with E-state index in [0.717, 1.165) is 0 Å². The van der Waals surface area contributed by atoms with Gasteiger partial charge in [-0.25, -0.2) is 0 Å². The Morgan fingerprint density at radius 2 is 1.28 bits per heavy atom. The van der Waals surface area contributed by atoms with E-state index in [-0.39, 0.29) is 0 Å². The van der Waals surface area contributed by atoms with Gasteiger partial charge in [0, 0.05) is 11.4 Å². The average molecular weight is 246 g/mol. The van der Waals surface area contributed by atoms with Crippen LogP contribution >= 0.6 is 7.92 Å². The van der Waals surface area contributed by atoms with Crippen molar-refractivity contribution in [3.63, 3.8) is 0 Å². The molecule has 0 heterocycles. The molecule has 0 saturated carbocycles. The molecule has 1 aliphatic rings. The van der Waals surface area contributed by atoms with Crippen LogP contribution in [0.1, 0.15) is 0 Å². The van der Waals surface area contributed by atoms with Gasteiger partial charge in [0.2, 0.25) is 0 Å². The molecule has 0 atom stereocenters. The molecule has 0 fully saturated rings. The van der Waals surface area contributed by atoms with Gasteiger partial charge >= 0.3 is 0 Å². The van der Waals surface area contributed by atoms with E-state index < -0.39 is 7.92 Å². The minimum Gasteiger partial charge on any atom is -0.0622 e. The summed E-state index contributed by atoms with van der Waals surface area (Å²) < 4.78 is 0. The SMILES string of the molecule is C1=C=CC(P(c2ccccc2)c2ccccc2)=C=1. The van der Waals surface area contributed by atoms with Crippen LogP contribution in [-0.4, -0.2) is 0 Å². The molecule has 0 unspecified atom stereocenters. The highest BCUT2D eigenvalue weighted by molar-refractivity contribution is 7.77. The molecule has 0 radical (unpaired) electrons. The normalized spacial score (nSPS) is 12.2. The topological polar surface area (TPSA) is 0 Å². The minimum atomic E-state index is -0.527. The third-order valence-electron chi connectivity index (χ3n) is 2.74. The van der Waals surface area contributed by atoms with Gasteiger partial charge in [0.15, 0.2) is 0 Å². The minimum absolute atomic E-state index is 0.527. The van der Waals surface area contributed by atoms with Crippen LogP contribution in [-0.2, 0) is 0 Å². The number of allylic oxidation sites excluding steroid dienone is 2. The number of hydrogen-bond acceptors (Lipinski definition) is 0. The lowest BCUT2D eigenvalue weighted by atomic mass is 10.4. The Balaban J connectivity index is 2.11. The van der Waals surface area contributed by atoms with Crippen molar-refractivity contribution in [3.05, 3.63) is 89.2 Å². The molecule has 2 aromatic rings. The fourth-order valence-electron chi connectivity index (χ4n) is 1.94. The summed E-state index contributed by atoms with van der Waals surface area (Å²) in [6, 6.07) is 21.2. The predicted molar refractivity (Wildman–Crippen MR) is 77.7 cm³/mol.